The first-order valence-corrected chi connectivity index (χ1v) is 9.13. The number of para-hydroxylation sites is 1. The van der Waals surface area contributed by atoms with Crippen LogP contribution in [0, 0.1) is 12.8 Å². The quantitative estimate of drug-likeness (QED) is 0.572. The van der Waals surface area contributed by atoms with Gasteiger partial charge in [-0.3, -0.25) is 9.59 Å². The van der Waals surface area contributed by atoms with Crippen LogP contribution in [0.5, 0.6) is 0 Å². The fourth-order valence-electron chi connectivity index (χ4n) is 3.29. The van der Waals surface area contributed by atoms with Crippen molar-refractivity contribution >= 4 is 22.8 Å². The minimum absolute atomic E-state index is 0.128. The highest BCUT2D eigenvalue weighted by atomic mass is 16.4. The maximum Gasteiger partial charge on any atom is 0.308 e. The van der Waals surface area contributed by atoms with E-state index in [2.05, 4.69) is 10.3 Å². The summed E-state index contributed by atoms with van der Waals surface area (Å²) >= 11 is 0. The van der Waals surface area contributed by atoms with E-state index in [4.69, 9.17) is 0 Å². The number of hydrogen-bond acceptors (Lipinski definition) is 2. The fourth-order valence-corrected chi connectivity index (χ4v) is 3.29. The first-order chi connectivity index (χ1) is 13.0. The number of H-pyrrole nitrogens is 1. The Morgan fingerprint density at radius 1 is 1.11 bits per heavy atom. The molecule has 0 saturated carbocycles. The molecule has 1 atom stereocenters. The molecule has 0 fully saturated rings. The number of aryl methyl sites for hydroxylation is 2. The lowest BCUT2D eigenvalue weighted by Crippen LogP contribution is -2.34. The van der Waals surface area contributed by atoms with Crippen molar-refractivity contribution in [1.29, 1.82) is 0 Å². The molecule has 140 valence electrons. The van der Waals surface area contributed by atoms with Gasteiger partial charge in [0.05, 0.1) is 5.92 Å². The summed E-state index contributed by atoms with van der Waals surface area (Å²) in [6.07, 6.45) is 3.29. The van der Waals surface area contributed by atoms with E-state index in [1.165, 1.54) is 5.56 Å². The summed E-state index contributed by atoms with van der Waals surface area (Å²) in [5.41, 5.74) is 4.33. The van der Waals surface area contributed by atoms with Gasteiger partial charge in [-0.15, -0.1) is 0 Å². The Labute approximate surface area is 158 Å². The van der Waals surface area contributed by atoms with Crippen LogP contribution in [0.1, 0.15) is 23.1 Å². The number of carboxylic acid groups (broad SMARTS) is 1. The normalized spacial score (nSPS) is 12.0. The molecule has 3 rings (SSSR count). The second kappa shape index (κ2) is 8.54. The van der Waals surface area contributed by atoms with E-state index in [0.717, 1.165) is 22.0 Å². The van der Waals surface area contributed by atoms with Crippen LogP contribution in [-0.4, -0.2) is 28.5 Å². The van der Waals surface area contributed by atoms with Crippen LogP contribution in [0.3, 0.4) is 0 Å². The van der Waals surface area contributed by atoms with Gasteiger partial charge in [-0.1, -0.05) is 48.5 Å². The lowest BCUT2D eigenvalue weighted by molar-refractivity contribution is -0.141. The number of aromatic amines is 1. The van der Waals surface area contributed by atoms with Gasteiger partial charge in [0, 0.05) is 30.1 Å². The second-order valence-corrected chi connectivity index (χ2v) is 6.84. The van der Waals surface area contributed by atoms with Crippen molar-refractivity contribution in [3.05, 3.63) is 71.4 Å². The van der Waals surface area contributed by atoms with Gasteiger partial charge in [-0.2, -0.15) is 0 Å². The molecule has 1 unspecified atom stereocenters. The molecular weight excluding hydrogens is 340 g/mol. The van der Waals surface area contributed by atoms with E-state index >= 15 is 0 Å². The zero-order valence-electron chi connectivity index (χ0n) is 15.4. The number of amides is 1. The van der Waals surface area contributed by atoms with Gasteiger partial charge in [0.1, 0.15) is 0 Å². The van der Waals surface area contributed by atoms with E-state index < -0.39 is 11.9 Å². The Bertz CT molecular complexity index is 931. The third-order valence-corrected chi connectivity index (χ3v) is 4.85. The third-order valence-electron chi connectivity index (χ3n) is 4.85. The Balaban J connectivity index is 1.53. The summed E-state index contributed by atoms with van der Waals surface area (Å²) in [6.45, 7) is 2.18. The van der Waals surface area contributed by atoms with Gasteiger partial charge in [-0.05, 0) is 36.5 Å². The highest BCUT2D eigenvalue weighted by molar-refractivity contribution is 5.86. The molecule has 3 aromatic rings. The molecule has 0 saturated heterocycles. The largest absolute Gasteiger partial charge is 0.481 e. The van der Waals surface area contributed by atoms with Gasteiger partial charge in [0.15, 0.2) is 0 Å². The van der Waals surface area contributed by atoms with E-state index in [-0.39, 0.29) is 12.5 Å². The highest BCUT2D eigenvalue weighted by Crippen LogP contribution is 2.22. The average Bonchev–Trinajstić information content (AvgIpc) is 3.08. The lowest BCUT2D eigenvalue weighted by atomic mass is 9.99. The van der Waals surface area contributed by atoms with Crippen LogP contribution in [0.15, 0.2) is 54.7 Å². The first kappa shape index (κ1) is 18.7. The van der Waals surface area contributed by atoms with E-state index in [1.807, 2.05) is 61.7 Å². The van der Waals surface area contributed by atoms with Crippen LogP contribution in [0.2, 0.25) is 0 Å². The van der Waals surface area contributed by atoms with E-state index in [9.17, 15) is 14.7 Å². The summed E-state index contributed by atoms with van der Waals surface area (Å²) in [7, 11) is 0. The summed E-state index contributed by atoms with van der Waals surface area (Å²) in [4.78, 5) is 27.0. The molecule has 0 aliphatic heterocycles. The van der Waals surface area contributed by atoms with Crippen molar-refractivity contribution in [2.24, 2.45) is 5.92 Å². The van der Waals surface area contributed by atoms with Gasteiger partial charge < -0.3 is 15.4 Å². The Morgan fingerprint density at radius 2 is 1.89 bits per heavy atom. The summed E-state index contributed by atoms with van der Waals surface area (Å²) in [6, 6.07) is 15.6. The van der Waals surface area contributed by atoms with Crippen LogP contribution < -0.4 is 5.32 Å². The molecule has 0 aliphatic rings. The SMILES string of the molecule is Cc1cccc2c(CCC(=O)NCC(Cc3ccccc3)C(=O)O)c[nH]c12. The maximum atomic E-state index is 12.2. The molecule has 1 heterocycles. The lowest BCUT2D eigenvalue weighted by Gasteiger charge is -2.13. The fraction of sp³-hybridized carbons (Fsp3) is 0.273. The summed E-state index contributed by atoms with van der Waals surface area (Å²) in [5.74, 6) is -1.66. The molecule has 0 radical (unpaired) electrons. The first-order valence-electron chi connectivity index (χ1n) is 9.13. The van der Waals surface area contributed by atoms with Crippen LogP contribution in [0.25, 0.3) is 10.9 Å². The third kappa shape index (κ3) is 4.76. The molecule has 0 spiro atoms. The summed E-state index contributed by atoms with van der Waals surface area (Å²) < 4.78 is 0. The highest BCUT2D eigenvalue weighted by Gasteiger charge is 2.19. The number of hydrogen-bond donors (Lipinski definition) is 3. The predicted octanol–water partition coefficient (Wildman–Crippen LogP) is 3.47. The molecule has 1 amide bonds. The molecule has 5 nitrogen and oxygen atoms in total. The van der Waals surface area contributed by atoms with Crippen LogP contribution >= 0.6 is 0 Å². The molecule has 3 N–H and O–H groups in total. The van der Waals surface area contributed by atoms with Crippen LogP contribution in [-0.2, 0) is 22.4 Å². The van der Waals surface area contributed by atoms with Gasteiger partial charge in [0.25, 0.3) is 0 Å². The van der Waals surface area contributed by atoms with Crippen molar-refractivity contribution in [2.75, 3.05) is 6.54 Å². The van der Waals surface area contributed by atoms with Gasteiger partial charge in [0.2, 0.25) is 5.91 Å². The number of carbonyl (C=O) groups excluding carboxylic acids is 1. The molecular formula is C22H24N2O3. The zero-order chi connectivity index (χ0) is 19.2. The summed E-state index contributed by atoms with van der Waals surface area (Å²) in [5, 5.41) is 13.3. The second-order valence-electron chi connectivity index (χ2n) is 6.84. The minimum atomic E-state index is -0.897. The average molecular weight is 364 g/mol. The zero-order valence-corrected chi connectivity index (χ0v) is 15.4. The van der Waals surface area contributed by atoms with E-state index in [1.54, 1.807) is 0 Å². The minimum Gasteiger partial charge on any atom is -0.481 e. The monoisotopic (exact) mass is 364 g/mol. The van der Waals surface area contributed by atoms with Crippen molar-refractivity contribution < 1.29 is 14.7 Å². The Hall–Kier alpha value is -3.08. The predicted molar refractivity (Wildman–Crippen MR) is 106 cm³/mol. The van der Waals surface area contributed by atoms with Crippen LogP contribution in [0.4, 0.5) is 0 Å². The number of benzene rings is 2. The van der Waals surface area contributed by atoms with Crippen molar-refractivity contribution in [2.45, 2.75) is 26.2 Å². The number of carbonyl (C=O) groups is 2. The topological polar surface area (TPSA) is 82.2 Å². The van der Waals surface area contributed by atoms with Crippen molar-refractivity contribution in [3.8, 4) is 0 Å². The van der Waals surface area contributed by atoms with E-state index in [0.29, 0.717) is 19.3 Å². The number of carboxylic acids is 1. The van der Waals surface area contributed by atoms with Crippen molar-refractivity contribution in [1.82, 2.24) is 10.3 Å². The maximum absolute atomic E-state index is 12.2. The molecule has 2 aromatic carbocycles. The number of fused-ring (bicyclic) bond motifs is 1. The molecule has 27 heavy (non-hydrogen) atoms. The van der Waals surface area contributed by atoms with Gasteiger partial charge in [-0.25, -0.2) is 0 Å². The number of rotatable bonds is 8. The molecule has 0 bridgehead atoms. The van der Waals surface area contributed by atoms with Crippen molar-refractivity contribution in [3.63, 3.8) is 0 Å². The standard InChI is InChI=1S/C22H24N2O3/c1-15-6-5-9-19-17(13-24-21(15)19)10-11-20(25)23-14-18(22(26)27)12-16-7-3-2-4-8-16/h2-9,13,18,24H,10-12,14H2,1H3,(H,23,25)(H,26,27). The molecule has 1 aromatic heterocycles. The Kier molecular flexibility index (Phi) is 5.91. The Morgan fingerprint density at radius 3 is 2.63 bits per heavy atom. The smallest absolute Gasteiger partial charge is 0.308 e. The number of nitrogens with one attached hydrogen (secondary N) is 2. The number of aromatic nitrogens is 1. The number of aliphatic carboxylic acids is 1. The molecule has 5 heteroatoms. The van der Waals surface area contributed by atoms with Gasteiger partial charge >= 0.3 is 5.97 Å². The molecule has 0 aliphatic carbocycles.